The van der Waals surface area contributed by atoms with Crippen molar-refractivity contribution in [3.05, 3.63) is 48.3 Å². The van der Waals surface area contributed by atoms with Crippen molar-refractivity contribution in [1.29, 1.82) is 0 Å². The van der Waals surface area contributed by atoms with Crippen LogP contribution in [0.25, 0.3) is 0 Å². The van der Waals surface area contributed by atoms with Crippen LogP contribution in [0.5, 0.6) is 0 Å². The number of nitrogen functional groups attached to an aromatic ring is 1. The van der Waals surface area contributed by atoms with Crippen LogP contribution in [-0.4, -0.2) is 33.7 Å². The van der Waals surface area contributed by atoms with Gasteiger partial charge in [0.1, 0.15) is 0 Å². The van der Waals surface area contributed by atoms with Crippen LogP contribution in [0.3, 0.4) is 0 Å². The molecular weight excluding hydrogens is 228 g/mol. The summed E-state index contributed by atoms with van der Waals surface area (Å²) < 4.78 is 1.82. The van der Waals surface area contributed by atoms with Gasteiger partial charge in [0.15, 0.2) is 0 Å². The van der Waals surface area contributed by atoms with Gasteiger partial charge in [0.05, 0.1) is 17.9 Å². The van der Waals surface area contributed by atoms with Crippen LogP contribution in [0.2, 0.25) is 0 Å². The maximum atomic E-state index is 12.1. The van der Waals surface area contributed by atoms with Gasteiger partial charge >= 0.3 is 0 Å². The molecular formula is C13H14N4O. The van der Waals surface area contributed by atoms with Gasteiger partial charge in [-0.15, -0.1) is 0 Å². The van der Waals surface area contributed by atoms with Crippen LogP contribution in [0, 0.1) is 0 Å². The van der Waals surface area contributed by atoms with Gasteiger partial charge in [0.2, 0.25) is 0 Å². The zero-order valence-corrected chi connectivity index (χ0v) is 9.86. The van der Waals surface area contributed by atoms with Crippen molar-refractivity contribution >= 4 is 11.6 Å². The summed E-state index contributed by atoms with van der Waals surface area (Å²) >= 11 is 0. The van der Waals surface area contributed by atoms with E-state index in [-0.39, 0.29) is 11.9 Å². The molecule has 5 heteroatoms. The van der Waals surface area contributed by atoms with E-state index in [1.807, 2.05) is 39.9 Å². The third-order valence-electron chi connectivity index (χ3n) is 3.17. The van der Waals surface area contributed by atoms with Gasteiger partial charge in [0.25, 0.3) is 5.91 Å². The summed E-state index contributed by atoms with van der Waals surface area (Å²) in [7, 11) is 0. The minimum Gasteiger partial charge on any atom is -0.396 e. The Morgan fingerprint density at radius 2 is 2.00 bits per heavy atom. The molecule has 0 aliphatic carbocycles. The zero-order chi connectivity index (χ0) is 12.5. The van der Waals surface area contributed by atoms with Crippen LogP contribution in [-0.2, 0) is 0 Å². The average Bonchev–Trinajstić information content (AvgIpc) is 2.75. The number of amides is 1. The normalized spacial score (nSPS) is 15.4. The number of hydrogen-bond donors (Lipinski definition) is 1. The fraction of sp³-hybridized carbons (Fsp3) is 0.231. The van der Waals surface area contributed by atoms with E-state index < -0.39 is 0 Å². The number of rotatable bonds is 2. The largest absolute Gasteiger partial charge is 0.396 e. The molecule has 1 amide bonds. The quantitative estimate of drug-likeness (QED) is 0.859. The topological polar surface area (TPSA) is 64.2 Å². The van der Waals surface area contributed by atoms with E-state index in [2.05, 4.69) is 5.10 Å². The molecule has 1 aliphatic rings. The second kappa shape index (κ2) is 4.18. The Labute approximate surface area is 105 Å². The summed E-state index contributed by atoms with van der Waals surface area (Å²) in [5, 5.41) is 4.16. The minimum absolute atomic E-state index is 0.0759. The first kappa shape index (κ1) is 10.8. The van der Waals surface area contributed by atoms with Gasteiger partial charge in [-0.3, -0.25) is 9.48 Å². The van der Waals surface area contributed by atoms with Gasteiger partial charge in [-0.05, 0) is 12.1 Å². The number of carbonyl (C=O) groups excluding carboxylic acids is 1. The van der Waals surface area contributed by atoms with E-state index in [4.69, 9.17) is 5.73 Å². The van der Waals surface area contributed by atoms with E-state index in [0.717, 1.165) is 5.56 Å². The van der Waals surface area contributed by atoms with E-state index in [9.17, 15) is 4.79 Å². The fourth-order valence-electron chi connectivity index (χ4n) is 2.10. The molecule has 1 saturated heterocycles. The van der Waals surface area contributed by atoms with Crippen molar-refractivity contribution in [2.24, 2.45) is 0 Å². The average molecular weight is 242 g/mol. The van der Waals surface area contributed by atoms with Crippen LogP contribution in [0.15, 0.2) is 42.7 Å². The van der Waals surface area contributed by atoms with Gasteiger partial charge in [-0.2, -0.15) is 5.10 Å². The first-order chi connectivity index (χ1) is 8.74. The van der Waals surface area contributed by atoms with E-state index in [0.29, 0.717) is 18.8 Å². The summed E-state index contributed by atoms with van der Waals surface area (Å²) in [4.78, 5) is 13.9. The molecule has 0 saturated carbocycles. The van der Waals surface area contributed by atoms with E-state index in [1.165, 1.54) is 0 Å². The van der Waals surface area contributed by atoms with Gasteiger partial charge in [-0.1, -0.05) is 18.2 Å². The monoisotopic (exact) mass is 242 g/mol. The Balaban J connectivity index is 1.64. The molecule has 0 radical (unpaired) electrons. The first-order valence-corrected chi connectivity index (χ1v) is 5.88. The second-order valence-electron chi connectivity index (χ2n) is 4.48. The van der Waals surface area contributed by atoms with Crippen molar-refractivity contribution < 1.29 is 4.79 Å². The molecule has 0 bridgehead atoms. The summed E-state index contributed by atoms with van der Waals surface area (Å²) in [5.74, 6) is 0.0759. The summed E-state index contributed by atoms with van der Waals surface area (Å²) in [6.07, 6.45) is 3.43. The molecule has 2 heterocycles. The van der Waals surface area contributed by atoms with Crippen LogP contribution >= 0.6 is 0 Å². The lowest BCUT2D eigenvalue weighted by Crippen LogP contribution is -2.50. The predicted molar refractivity (Wildman–Crippen MR) is 68.0 cm³/mol. The van der Waals surface area contributed by atoms with Gasteiger partial charge < -0.3 is 10.6 Å². The molecule has 0 atom stereocenters. The van der Waals surface area contributed by atoms with Crippen LogP contribution in [0.4, 0.5) is 5.69 Å². The van der Waals surface area contributed by atoms with Crippen LogP contribution < -0.4 is 5.73 Å². The summed E-state index contributed by atoms with van der Waals surface area (Å²) in [6, 6.07) is 9.57. The van der Waals surface area contributed by atoms with E-state index in [1.54, 1.807) is 12.4 Å². The summed E-state index contributed by atoms with van der Waals surface area (Å²) in [5.41, 5.74) is 7.00. The lowest BCUT2D eigenvalue weighted by Gasteiger charge is -2.39. The molecule has 2 aromatic rings. The number of nitrogens with two attached hydrogens (primary N) is 1. The van der Waals surface area contributed by atoms with Crippen LogP contribution in [0.1, 0.15) is 16.4 Å². The number of anilines is 1. The maximum absolute atomic E-state index is 12.1. The highest BCUT2D eigenvalue weighted by atomic mass is 16.2. The zero-order valence-electron chi connectivity index (χ0n) is 9.86. The molecule has 5 nitrogen and oxygen atoms in total. The van der Waals surface area contributed by atoms with Gasteiger partial charge in [-0.25, -0.2) is 0 Å². The highest BCUT2D eigenvalue weighted by Crippen LogP contribution is 2.23. The van der Waals surface area contributed by atoms with Gasteiger partial charge in [0, 0.05) is 24.8 Å². The van der Waals surface area contributed by atoms with Crippen molar-refractivity contribution in [3.63, 3.8) is 0 Å². The predicted octanol–water partition coefficient (Wildman–Crippen LogP) is 1.16. The van der Waals surface area contributed by atoms with Crippen molar-refractivity contribution in [2.45, 2.75) is 6.04 Å². The molecule has 2 N–H and O–H groups in total. The highest BCUT2D eigenvalue weighted by molar-refractivity contribution is 5.94. The minimum atomic E-state index is 0.0759. The second-order valence-corrected chi connectivity index (χ2v) is 4.48. The molecule has 1 fully saturated rings. The molecule has 3 rings (SSSR count). The van der Waals surface area contributed by atoms with Crippen molar-refractivity contribution in [1.82, 2.24) is 14.7 Å². The summed E-state index contributed by atoms with van der Waals surface area (Å²) in [6.45, 7) is 1.38. The molecule has 1 aromatic carbocycles. The molecule has 92 valence electrons. The Hall–Kier alpha value is -2.30. The standard InChI is InChI=1S/C13H14N4O/c14-11-6-15-17(7-11)12-8-16(9-12)13(18)10-4-2-1-3-5-10/h1-7,12H,8-9,14H2. The Kier molecular flexibility index (Phi) is 2.51. The third kappa shape index (κ3) is 1.84. The molecule has 18 heavy (non-hydrogen) atoms. The number of aromatic nitrogens is 2. The number of carbonyl (C=O) groups is 1. The maximum Gasteiger partial charge on any atom is 0.253 e. The molecule has 1 aromatic heterocycles. The van der Waals surface area contributed by atoms with E-state index >= 15 is 0 Å². The first-order valence-electron chi connectivity index (χ1n) is 5.88. The highest BCUT2D eigenvalue weighted by Gasteiger charge is 2.32. The number of likely N-dealkylation sites (tertiary alicyclic amines) is 1. The molecule has 0 unspecified atom stereocenters. The SMILES string of the molecule is Nc1cnn(C2CN(C(=O)c3ccccc3)C2)c1. The Bertz CT molecular complexity index is 557. The Morgan fingerprint density at radius 1 is 1.28 bits per heavy atom. The number of hydrogen-bond acceptors (Lipinski definition) is 3. The lowest BCUT2D eigenvalue weighted by atomic mass is 10.1. The molecule has 1 aliphatic heterocycles. The molecule has 0 spiro atoms. The number of benzene rings is 1. The van der Waals surface area contributed by atoms with Crippen molar-refractivity contribution in [3.8, 4) is 0 Å². The van der Waals surface area contributed by atoms with Crippen molar-refractivity contribution in [2.75, 3.05) is 18.8 Å². The Morgan fingerprint density at radius 3 is 2.61 bits per heavy atom. The third-order valence-corrected chi connectivity index (χ3v) is 3.17. The fourth-order valence-corrected chi connectivity index (χ4v) is 2.10. The smallest absolute Gasteiger partial charge is 0.253 e. The lowest BCUT2D eigenvalue weighted by molar-refractivity contribution is 0.0501. The number of nitrogens with zero attached hydrogens (tertiary/aromatic N) is 3.